The second kappa shape index (κ2) is 11.3. The summed E-state index contributed by atoms with van der Waals surface area (Å²) in [5.41, 5.74) is 1.42. The molecule has 12 heteroatoms. The van der Waals surface area contributed by atoms with Gasteiger partial charge in [0.15, 0.2) is 23.1 Å². The number of nitrogens with one attached hydrogen (secondary N) is 3. The van der Waals surface area contributed by atoms with Crippen LogP contribution in [0.25, 0.3) is 11.3 Å². The molecule has 0 unspecified atom stereocenters. The van der Waals surface area contributed by atoms with Crippen molar-refractivity contribution >= 4 is 39.7 Å². The first-order chi connectivity index (χ1) is 15.6. The molecule has 2 amide bonds. The van der Waals surface area contributed by atoms with Gasteiger partial charge in [-0.1, -0.05) is 18.2 Å². The van der Waals surface area contributed by atoms with E-state index in [9.17, 15) is 18.0 Å². The monoisotopic (exact) mass is 474 g/mol. The van der Waals surface area contributed by atoms with E-state index in [4.69, 9.17) is 9.83 Å². The van der Waals surface area contributed by atoms with Gasteiger partial charge in [-0.05, 0) is 30.2 Å². The molecule has 3 N–H and O–H groups in total. The largest absolute Gasteiger partial charge is 0.453 e. The minimum absolute atomic E-state index is 0.111. The summed E-state index contributed by atoms with van der Waals surface area (Å²) in [7, 11) is 1.01. The van der Waals surface area contributed by atoms with Crippen molar-refractivity contribution in [3.8, 4) is 11.3 Å². The number of imide groups is 1. The van der Waals surface area contributed by atoms with Gasteiger partial charge in [-0.25, -0.2) is 18.1 Å². The third kappa shape index (κ3) is 7.19. The summed E-state index contributed by atoms with van der Waals surface area (Å²) in [5.74, 6) is -0.361. The van der Waals surface area contributed by atoms with Crippen LogP contribution in [0.15, 0.2) is 50.8 Å². The SMILES string of the molecule is CN=C(NC)C(=NC(=N)c1ccc(-c2cccc(CCNS(C)(=O)=O)c2)o1)C(=O)N(C)C=O. The summed E-state index contributed by atoms with van der Waals surface area (Å²) in [6, 6.07) is 10.6. The molecule has 1 aromatic carbocycles. The molecule has 0 spiro atoms. The Bertz CT molecular complexity index is 1200. The number of benzene rings is 1. The van der Waals surface area contributed by atoms with E-state index in [1.807, 2.05) is 24.3 Å². The first-order valence-corrected chi connectivity index (χ1v) is 11.7. The first kappa shape index (κ1) is 25.6. The number of amides is 2. The third-order valence-electron chi connectivity index (χ3n) is 4.42. The van der Waals surface area contributed by atoms with E-state index in [1.165, 1.54) is 14.1 Å². The number of carbonyl (C=O) groups is 2. The standard InChI is InChI=1S/C21H26N6O5S/c1-23-20(24-2)18(21(29)27(3)13-28)26-19(22)17-9-8-16(32-17)15-7-5-6-14(12-15)10-11-25-33(4,30)31/h5-9,12-13,22,25H,10-11H2,1-4H3,(H,23,24). The molecule has 0 saturated heterocycles. The molecule has 0 aliphatic carbocycles. The van der Waals surface area contributed by atoms with Gasteiger partial charge in [-0.15, -0.1) is 0 Å². The second-order valence-electron chi connectivity index (χ2n) is 6.93. The quantitative estimate of drug-likeness (QED) is 0.275. The highest BCUT2D eigenvalue weighted by molar-refractivity contribution is 7.88. The lowest BCUT2D eigenvalue weighted by molar-refractivity contribution is -0.131. The Morgan fingerprint density at radius 2 is 2.00 bits per heavy atom. The summed E-state index contributed by atoms with van der Waals surface area (Å²) < 4.78 is 30.6. The van der Waals surface area contributed by atoms with Crippen LogP contribution >= 0.6 is 0 Å². The molecule has 0 saturated carbocycles. The Labute approximate surface area is 192 Å². The van der Waals surface area contributed by atoms with Crippen LogP contribution < -0.4 is 10.0 Å². The normalized spacial score (nSPS) is 12.4. The summed E-state index contributed by atoms with van der Waals surface area (Å²) in [6.07, 6.45) is 1.94. The van der Waals surface area contributed by atoms with Gasteiger partial charge in [0.2, 0.25) is 16.4 Å². The summed E-state index contributed by atoms with van der Waals surface area (Å²) in [6.45, 7) is 0.268. The average molecular weight is 475 g/mol. The van der Waals surface area contributed by atoms with E-state index in [0.717, 1.165) is 22.3 Å². The number of carbonyl (C=O) groups excluding carboxylic acids is 2. The zero-order valence-electron chi connectivity index (χ0n) is 18.7. The van der Waals surface area contributed by atoms with E-state index >= 15 is 0 Å². The Balaban J connectivity index is 2.28. The number of hydrogen-bond donors (Lipinski definition) is 3. The number of furan rings is 1. The number of hydrogen-bond acceptors (Lipinski definition) is 7. The lowest BCUT2D eigenvalue weighted by Crippen LogP contribution is -2.42. The molecular weight excluding hydrogens is 448 g/mol. The van der Waals surface area contributed by atoms with E-state index in [0.29, 0.717) is 18.6 Å². The van der Waals surface area contributed by atoms with Gasteiger partial charge in [0.05, 0.1) is 6.26 Å². The minimum atomic E-state index is -3.26. The second-order valence-corrected chi connectivity index (χ2v) is 8.77. The van der Waals surface area contributed by atoms with Crippen LogP contribution in [0.5, 0.6) is 0 Å². The average Bonchev–Trinajstić information content (AvgIpc) is 3.28. The zero-order valence-corrected chi connectivity index (χ0v) is 19.6. The molecule has 176 valence electrons. The van der Waals surface area contributed by atoms with Crippen molar-refractivity contribution in [3.05, 3.63) is 47.7 Å². The Morgan fingerprint density at radius 1 is 1.27 bits per heavy atom. The number of rotatable bonds is 9. The van der Waals surface area contributed by atoms with Gasteiger partial charge < -0.3 is 9.73 Å². The third-order valence-corrected chi connectivity index (χ3v) is 5.15. The van der Waals surface area contributed by atoms with Crippen molar-refractivity contribution in [3.63, 3.8) is 0 Å². The van der Waals surface area contributed by atoms with Crippen molar-refractivity contribution in [2.45, 2.75) is 6.42 Å². The van der Waals surface area contributed by atoms with Crippen LogP contribution in [-0.4, -0.2) is 77.0 Å². The Kier molecular flexibility index (Phi) is 8.77. The molecule has 1 heterocycles. The van der Waals surface area contributed by atoms with Crippen LogP contribution in [0, 0.1) is 5.41 Å². The first-order valence-electron chi connectivity index (χ1n) is 9.78. The minimum Gasteiger partial charge on any atom is -0.453 e. The zero-order chi connectivity index (χ0) is 24.6. The molecule has 0 aliphatic rings. The van der Waals surface area contributed by atoms with E-state index in [2.05, 4.69) is 20.0 Å². The van der Waals surface area contributed by atoms with Gasteiger partial charge in [-0.3, -0.25) is 24.9 Å². The maximum Gasteiger partial charge on any atom is 0.282 e. The molecule has 33 heavy (non-hydrogen) atoms. The lowest BCUT2D eigenvalue weighted by Gasteiger charge is -2.12. The lowest BCUT2D eigenvalue weighted by atomic mass is 10.1. The highest BCUT2D eigenvalue weighted by atomic mass is 32.2. The van der Waals surface area contributed by atoms with Crippen LogP contribution in [0.1, 0.15) is 11.3 Å². The van der Waals surface area contributed by atoms with Gasteiger partial charge in [0.1, 0.15) is 5.76 Å². The molecular formula is C21H26N6O5S. The fourth-order valence-corrected chi connectivity index (χ4v) is 3.27. The molecule has 0 bridgehead atoms. The van der Waals surface area contributed by atoms with Gasteiger partial charge >= 0.3 is 0 Å². The van der Waals surface area contributed by atoms with Crippen molar-refractivity contribution in [1.82, 2.24) is 14.9 Å². The van der Waals surface area contributed by atoms with Gasteiger partial charge in [-0.2, -0.15) is 0 Å². The van der Waals surface area contributed by atoms with Crippen molar-refractivity contribution in [2.75, 3.05) is 33.9 Å². The number of sulfonamides is 1. The summed E-state index contributed by atoms with van der Waals surface area (Å²) in [4.78, 5) is 32.3. The molecule has 2 aromatic rings. The molecule has 11 nitrogen and oxygen atoms in total. The number of amidine groups is 2. The molecule has 0 atom stereocenters. The van der Waals surface area contributed by atoms with Gasteiger partial charge in [0, 0.05) is 33.3 Å². The number of aliphatic imine (C=N–C) groups is 2. The number of nitrogens with zero attached hydrogens (tertiary/aromatic N) is 3. The van der Waals surface area contributed by atoms with E-state index in [-0.39, 0.29) is 29.7 Å². The smallest absolute Gasteiger partial charge is 0.282 e. The molecule has 0 radical (unpaired) electrons. The van der Waals surface area contributed by atoms with E-state index in [1.54, 1.807) is 19.2 Å². The molecule has 0 fully saturated rings. The van der Waals surface area contributed by atoms with Gasteiger partial charge in [0.25, 0.3) is 5.91 Å². The summed E-state index contributed by atoms with van der Waals surface area (Å²) >= 11 is 0. The fourth-order valence-electron chi connectivity index (χ4n) is 2.80. The Hall–Kier alpha value is -3.64. The van der Waals surface area contributed by atoms with Crippen molar-refractivity contribution < 1.29 is 22.4 Å². The predicted molar refractivity (Wildman–Crippen MR) is 126 cm³/mol. The molecule has 1 aromatic heterocycles. The maximum atomic E-state index is 12.5. The van der Waals surface area contributed by atoms with Crippen LogP contribution in [0.3, 0.4) is 0 Å². The molecule has 0 aliphatic heterocycles. The predicted octanol–water partition coefficient (Wildman–Crippen LogP) is 0.667. The maximum absolute atomic E-state index is 12.5. The molecule has 2 rings (SSSR count). The fraction of sp³-hybridized carbons (Fsp3) is 0.286. The Morgan fingerprint density at radius 3 is 2.61 bits per heavy atom. The van der Waals surface area contributed by atoms with Crippen LogP contribution in [-0.2, 0) is 26.0 Å². The highest BCUT2D eigenvalue weighted by Crippen LogP contribution is 2.24. The highest BCUT2D eigenvalue weighted by Gasteiger charge is 2.22. The van der Waals surface area contributed by atoms with E-state index < -0.39 is 15.9 Å². The van der Waals surface area contributed by atoms with Crippen LogP contribution in [0.2, 0.25) is 0 Å². The van der Waals surface area contributed by atoms with Crippen molar-refractivity contribution in [2.24, 2.45) is 9.98 Å². The van der Waals surface area contributed by atoms with Crippen LogP contribution in [0.4, 0.5) is 0 Å². The van der Waals surface area contributed by atoms with Crippen molar-refractivity contribution in [1.29, 1.82) is 5.41 Å². The topological polar surface area (TPSA) is 157 Å². The summed E-state index contributed by atoms with van der Waals surface area (Å²) in [5, 5.41) is 11.0.